The molecule has 138 valence electrons. The number of piperazine rings is 1. The quantitative estimate of drug-likeness (QED) is 0.768. The SMILES string of the molecule is C[C@H]1CN(c2ccccc2)CCN1C(=O)c1ccc2c(c1)C(=O)N(C)C2=O. The highest BCUT2D eigenvalue weighted by Crippen LogP contribution is 2.25. The summed E-state index contributed by atoms with van der Waals surface area (Å²) in [6, 6.07) is 15.0. The first kappa shape index (κ1) is 17.3. The van der Waals surface area contributed by atoms with Gasteiger partial charge in [0.05, 0.1) is 11.1 Å². The molecule has 0 unspecified atom stereocenters. The average molecular weight is 363 g/mol. The van der Waals surface area contributed by atoms with E-state index >= 15 is 0 Å². The van der Waals surface area contributed by atoms with Crippen molar-refractivity contribution in [2.24, 2.45) is 0 Å². The summed E-state index contributed by atoms with van der Waals surface area (Å²) in [5, 5.41) is 0. The summed E-state index contributed by atoms with van der Waals surface area (Å²) in [5.41, 5.74) is 2.27. The molecule has 6 nitrogen and oxygen atoms in total. The van der Waals surface area contributed by atoms with Crippen LogP contribution in [0.3, 0.4) is 0 Å². The molecule has 0 radical (unpaired) electrons. The van der Waals surface area contributed by atoms with Gasteiger partial charge in [0.15, 0.2) is 0 Å². The third-order valence-corrected chi connectivity index (χ3v) is 5.35. The Bertz CT molecular complexity index is 926. The maximum Gasteiger partial charge on any atom is 0.261 e. The molecule has 27 heavy (non-hydrogen) atoms. The van der Waals surface area contributed by atoms with Crippen molar-refractivity contribution in [3.05, 3.63) is 65.2 Å². The van der Waals surface area contributed by atoms with Crippen LogP contribution in [-0.4, -0.2) is 60.2 Å². The van der Waals surface area contributed by atoms with E-state index in [0.29, 0.717) is 23.2 Å². The van der Waals surface area contributed by atoms with Gasteiger partial charge in [-0.05, 0) is 37.3 Å². The zero-order chi connectivity index (χ0) is 19.1. The van der Waals surface area contributed by atoms with E-state index in [2.05, 4.69) is 17.0 Å². The number of nitrogens with zero attached hydrogens (tertiary/aromatic N) is 3. The van der Waals surface area contributed by atoms with Crippen molar-refractivity contribution in [3.63, 3.8) is 0 Å². The molecular weight excluding hydrogens is 342 g/mol. The lowest BCUT2D eigenvalue weighted by atomic mass is 10.0. The molecule has 0 spiro atoms. The Kier molecular flexibility index (Phi) is 4.18. The van der Waals surface area contributed by atoms with Crippen molar-refractivity contribution in [2.45, 2.75) is 13.0 Å². The van der Waals surface area contributed by atoms with E-state index in [1.54, 1.807) is 18.2 Å². The molecule has 0 N–H and O–H groups in total. The van der Waals surface area contributed by atoms with Gasteiger partial charge in [0.25, 0.3) is 17.7 Å². The smallest absolute Gasteiger partial charge is 0.261 e. The third kappa shape index (κ3) is 2.87. The van der Waals surface area contributed by atoms with E-state index in [9.17, 15) is 14.4 Å². The highest BCUT2D eigenvalue weighted by molar-refractivity contribution is 6.21. The van der Waals surface area contributed by atoms with E-state index in [4.69, 9.17) is 0 Å². The number of carbonyl (C=O) groups is 3. The monoisotopic (exact) mass is 363 g/mol. The van der Waals surface area contributed by atoms with Gasteiger partial charge in [-0.25, -0.2) is 0 Å². The number of fused-ring (bicyclic) bond motifs is 1. The van der Waals surface area contributed by atoms with Gasteiger partial charge in [0, 0.05) is 44.0 Å². The largest absolute Gasteiger partial charge is 0.368 e. The van der Waals surface area contributed by atoms with E-state index in [0.717, 1.165) is 23.7 Å². The molecule has 0 saturated carbocycles. The van der Waals surface area contributed by atoms with E-state index in [1.165, 1.54) is 7.05 Å². The van der Waals surface area contributed by atoms with Gasteiger partial charge in [-0.1, -0.05) is 18.2 Å². The van der Waals surface area contributed by atoms with Crippen LogP contribution in [0.2, 0.25) is 0 Å². The first-order valence-corrected chi connectivity index (χ1v) is 9.05. The standard InChI is InChI=1S/C21H21N3O3/c1-14-13-23(16-6-4-3-5-7-16)10-11-24(14)19(25)15-8-9-17-18(12-15)21(27)22(2)20(17)26/h3-9,12,14H,10-11,13H2,1-2H3/t14-/m0/s1. The number of benzene rings is 2. The summed E-state index contributed by atoms with van der Waals surface area (Å²) in [4.78, 5) is 42.4. The third-order valence-electron chi connectivity index (χ3n) is 5.35. The van der Waals surface area contributed by atoms with Crippen LogP contribution >= 0.6 is 0 Å². The zero-order valence-corrected chi connectivity index (χ0v) is 15.4. The minimum atomic E-state index is -0.355. The first-order chi connectivity index (χ1) is 13.0. The lowest BCUT2D eigenvalue weighted by Crippen LogP contribution is -2.54. The van der Waals surface area contributed by atoms with Crippen molar-refractivity contribution < 1.29 is 14.4 Å². The van der Waals surface area contributed by atoms with Gasteiger partial charge < -0.3 is 9.80 Å². The zero-order valence-electron chi connectivity index (χ0n) is 15.4. The van der Waals surface area contributed by atoms with Crippen LogP contribution in [0.5, 0.6) is 0 Å². The molecule has 6 heteroatoms. The van der Waals surface area contributed by atoms with Crippen LogP contribution in [0.25, 0.3) is 0 Å². The van der Waals surface area contributed by atoms with Crippen LogP contribution in [-0.2, 0) is 0 Å². The Morgan fingerprint density at radius 2 is 1.67 bits per heavy atom. The number of hydrogen-bond donors (Lipinski definition) is 0. The highest BCUT2D eigenvalue weighted by Gasteiger charge is 2.34. The molecule has 0 aromatic heterocycles. The number of rotatable bonds is 2. The highest BCUT2D eigenvalue weighted by atomic mass is 16.2. The summed E-state index contributed by atoms with van der Waals surface area (Å²) >= 11 is 0. The van der Waals surface area contributed by atoms with Gasteiger partial charge in [0.1, 0.15) is 0 Å². The second-order valence-corrected chi connectivity index (χ2v) is 7.06. The number of amides is 3. The Labute approximate surface area is 158 Å². The predicted octanol–water partition coefficient (Wildman–Crippen LogP) is 2.26. The van der Waals surface area contributed by atoms with E-state index in [-0.39, 0.29) is 23.8 Å². The van der Waals surface area contributed by atoms with Crippen LogP contribution < -0.4 is 4.90 Å². The first-order valence-electron chi connectivity index (χ1n) is 9.05. The Morgan fingerprint density at radius 3 is 2.37 bits per heavy atom. The second-order valence-electron chi connectivity index (χ2n) is 7.06. The Morgan fingerprint density at radius 1 is 0.963 bits per heavy atom. The summed E-state index contributed by atoms with van der Waals surface area (Å²) < 4.78 is 0. The predicted molar refractivity (Wildman–Crippen MR) is 102 cm³/mol. The lowest BCUT2D eigenvalue weighted by Gasteiger charge is -2.41. The maximum atomic E-state index is 13.0. The van der Waals surface area contributed by atoms with Crippen molar-refractivity contribution in [1.82, 2.24) is 9.80 Å². The molecule has 2 aromatic rings. The topological polar surface area (TPSA) is 60.9 Å². The number of para-hydroxylation sites is 1. The van der Waals surface area contributed by atoms with Crippen molar-refractivity contribution in [2.75, 3.05) is 31.6 Å². The second kappa shape index (κ2) is 6.54. The van der Waals surface area contributed by atoms with Gasteiger partial charge in [-0.3, -0.25) is 19.3 Å². The number of anilines is 1. The molecule has 2 heterocycles. The maximum absolute atomic E-state index is 13.0. The van der Waals surface area contributed by atoms with Crippen LogP contribution in [0.1, 0.15) is 38.0 Å². The van der Waals surface area contributed by atoms with Crippen LogP contribution in [0.15, 0.2) is 48.5 Å². The Hall–Kier alpha value is -3.15. The molecule has 2 aliphatic rings. The van der Waals surface area contributed by atoms with Crippen molar-refractivity contribution in [1.29, 1.82) is 0 Å². The fraction of sp³-hybridized carbons (Fsp3) is 0.286. The summed E-state index contributed by atoms with van der Waals surface area (Å²) in [6.07, 6.45) is 0. The average Bonchev–Trinajstić information content (AvgIpc) is 2.92. The molecule has 1 atom stereocenters. The van der Waals surface area contributed by atoms with Gasteiger partial charge in [0.2, 0.25) is 0 Å². The summed E-state index contributed by atoms with van der Waals surface area (Å²) in [6.45, 7) is 4.15. The summed E-state index contributed by atoms with van der Waals surface area (Å²) in [5.74, 6) is -0.779. The van der Waals surface area contributed by atoms with E-state index in [1.807, 2.05) is 30.0 Å². The molecule has 0 bridgehead atoms. The van der Waals surface area contributed by atoms with Gasteiger partial charge in [-0.2, -0.15) is 0 Å². The number of hydrogen-bond acceptors (Lipinski definition) is 4. The normalized spacial score (nSPS) is 19.5. The molecule has 2 aliphatic heterocycles. The minimum absolute atomic E-state index is 0.0414. The number of imide groups is 1. The summed E-state index contributed by atoms with van der Waals surface area (Å²) in [7, 11) is 1.46. The van der Waals surface area contributed by atoms with Gasteiger partial charge >= 0.3 is 0 Å². The van der Waals surface area contributed by atoms with Crippen LogP contribution in [0, 0.1) is 0 Å². The molecule has 1 saturated heterocycles. The molecule has 3 amide bonds. The number of carbonyl (C=O) groups excluding carboxylic acids is 3. The molecule has 2 aromatic carbocycles. The molecule has 1 fully saturated rings. The fourth-order valence-corrected chi connectivity index (χ4v) is 3.79. The fourth-order valence-electron chi connectivity index (χ4n) is 3.79. The van der Waals surface area contributed by atoms with Crippen LogP contribution in [0.4, 0.5) is 5.69 Å². The molecular formula is C21H21N3O3. The molecule has 0 aliphatic carbocycles. The van der Waals surface area contributed by atoms with E-state index < -0.39 is 0 Å². The van der Waals surface area contributed by atoms with Crippen molar-refractivity contribution >= 4 is 23.4 Å². The van der Waals surface area contributed by atoms with Gasteiger partial charge in [-0.15, -0.1) is 0 Å². The lowest BCUT2D eigenvalue weighted by molar-refractivity contribution is 0.0671. The van der Waals surface area contributed by atoms with Crippen molar-refractivity contribution in [3.8, 4) is 0 Å². The Balaban J connectivity index is 1.53. The molecule has 4 rings (SSSR count). The minimum Gasteiger partial charge on any atom is -0.368 e.